The van der Waals surface area contributed by atoms with Crippen molar-refractivity contribution in [3.05, 3.63) is 59.4 Å². The van der Waals surface area contributed by atoms with E-state index in [0.717, 1.165) is 18.7 Å². The van der Waals surface area contributed by atoms with Crippen molar-refractivity contribution in [1.29, 1.82) is 0 Å². The molecule has 1 heterocycles. The largest absolute Gasteiger partial charge is 0.384 e. The molecule has 3 rings (SSSR count). The van der Waals surface area contributed by atoms with Crippen molar-refractivity contribution in [1.82, 2.24) is 0 Å². The number of anilines is 1. The fourth-order valence-electron chi connectivity index (χ4n) is 2.35. The first kappa shape index (κ1) is 12.5. The van der Waals surface area contributed by atoms with E-state index in [0.29, 0.717) is 10.8 Å². The lowest BCUT2D eigenvalue weighted by Gasteiger charge is -2.12. The molecule has 0 aliphatic carbocycles. The third-order valence-corrected chi connectivity index (χ3v) is 4.72. The van der Waals surface area contributed by atoms with E-state index in [1.807, 2.05) is 17.8 Å². The topological polar surface area (TPSA) is 12.0 Å². The highest BCUT2D eigenvalue weighted by Gasteiger charge is 2.21. The van der Waals surface area contributed by atoms with Crippen LogP contribution in [0.4, 0.5) is 10.1 Å². The minimum atomic E-state index is -0.145. The molecule has 1 aliphatic rings. The number of hydrogen-bond donors (Lipinski definition) is 1. The van der Waals surface area contributed by atoms with Gasteiger partial charge in [0, 0.05) is 22.4 Å². The van der Waals surface area contributed by atoms with Gasteiger partial charge in [-0.15, -0.1) is 11.8 Å². The minimum Gasteiger partial charge on any atom is -0.384 e. The molecular formula is C16H16FNS. The fraction of sp³-hybridized carbons (Fsp3) is 0.250. The predicted molar refractivity (Wildman–Crippen MR) is 79.4 cm³/mol. The molecule has 98 valence electrons. The normalized spacial score (nSPS) is 17.3. The summed E-state index contributed by atoms with van der Waals surface area (Å²) in [5.74, 6) is -0.145. The van der Waals surface area contributed by atoms with E-state index in [1.54, 1.807) is 13.0 Å². The van der Waals surface area contributed by atoms with Crippen molar-refractivity contribution in [2.24, 2.45) is 0 Å². The van der Waals surface area contributed by atoms with Crippen LogP contribution in [0.2, 0.25) is 0 Å². The second-order valence-corrected chi connectivity index (χ2v) is 6.24. The molecule has 3 heteroatoms. The van der Waals surface area contributed by atoms with Gasteiger partial charge >= 0.3 is 0 Å². The van der Waals surface area contributed by atoms with Crippen molar-refractivity contribution >= 4 is 17.4 Å². The van der Waals surface area contributed by atoms with Crippen LogP contribution in [0.5, 0.6) is 0 Å². The van der Waals surface area contributed by atoms with Gasteiger partial charge in [-0.3, -0.25) is 0 Å². The summed E-state index contributed by atoms with van der Waals surface area (Å²) < 4.78 is 13.2. The lowest BCUT2D eigenvalue weighted by molar-refractivity contribution is 0.618. The maximum Gasteiger partial charge on any atom is 0.126 e. The fourth-order valence-corrected chi connectivity index (χ4v) is 3.60. The Labute approximate surface area is 117 Å². The van der Waals surface area contributed by atoms with Crippen molar-refractivity contribution in [2.45, 2.75) is 23.5 Å². The molecule has 1 N–H and O–H groups in total. The smallest absolute Gasteiger partial charge is 0.126 e. The molecule has 1 atom stereocenters. The molecule has 0 aromatic heterocycles. The zero-order valence-corrected chi connectivity index (χ0v) is 11.6. The van der Waals surface area contributed by atoms with E-state index in [1.165, 1.54) is 16.5 Å². The molecule has 2 aromatic rings. The highest BCUT2D eigenvalue weighted by molar-refractivity contribution is 8.00. The third kappa shape index (κ3) is 2.76. The maximum absolute atomic E-state index is 13.2. The average Bonchev–Trinajstić information content (AvgIpc) is 2.83. The summed E-state index contributed by atoms with van der Waals surface area (Å²) >= 11 is 1.93. The Balaban J connectivity index is 1.61. The van der Waals surface area contributed by atoms with E-state index in [4.69, 9.17) is 0 Å². The number of fused-ring (bicyclic) bond motifs is 1. The Morgan fingerprint density at radius 3 is 2.89 bits per heavy atom. The number of benzene rings is 2. The Kier molecular flexibility index (Phi) is 3.47. The predicted octanol–water partition coefficient (Wildman–Crippen LogP) is 4.26. The lowest BCUT2D eigenvalue weighted by Crippen LogP contribution is -2.15. The first-order valence-corrected chi connectivity index (χ1v) is 7.35. The summed E-state index contributed by atoms with van der Waals surface area (Å²) in [7, 11) is 0. The molecule has 19 heavy (non-hydrogen) atoms. The molecule has 1 nitrogen and oxygen atoms in total. The van der Waals surface area contributed by atoms with E-state index in [2.05, 4.69) is 29.6 Å². The maximum atomic E-state index is 13.2. The van der Waals surface area contributed by atoms with Gasteiger partial charge in [0.2, 0.25) is 0 Å². The van der Waals surface area contributed by atoms with Gasteiger partial charge in [-0.05, 0) is 48.7 Å². The average molecular weight is 273 g/mol. The number of halogens is 1. The minimum absolute atomic E-state index is 0.145. The zero-order chi connectivity index (χ0) is 13.2. The van der Waals surface area contributed by atoms with Gasteiger partial charge in [-0.25, -0.2) is 4.39 Å². The first-order valence-electron chi connectivity index (χ1n) is 6.47. The van der Waals surface area contributed by atoms with Crippen LogP contribution in [0.15, 0.2) is 47.4 Å². The van der Waals surface area contributed by atoms with Crippen molar-refractivity contribution in [3.8, 4) is 0 Å². The van der Waals surface area contributed by atoms with E-state index in [-0.39, 0.29) is 5.82 Å². The summed E-state index contributed by atoms with van der Waals surface area (Å²) in [4.78, 5) is 1.39. The van der Waals surface area contributed by atoms with E-state index < -0.39 is 0 Å². The molecule has 1 aliphatic heterocycles. The van der Waals surface area contributed by atoms with Gasteiger partial charge in [0.1, 0.15) is 5.82 Å². The Morgan fingerprint density at radius 1 is 1.26 bits per heavy atom. The van der Waals surface area contributed by atoms with E-state index in [9.17, 15) is 4.39 Å². The Hall–Kier alpha value is -1.48. The number of hydrogen-bond acceptors (Lipinski definition) is 2. The van der Waals surface area contributed by atoms with Gasteiger partial charge in [0.05, 0.1) is 0 Å². The van der Waals surface area contributed by atoms with Gasteiger partial charge in [0.15, 0.2) is 0 Å². The standard InChI is InChI=1S/C16H16FNS/c1-11-8-13(6-7-15(11)17)18-10-14-9-12-4-2-3-5-16(12)19-14/h2-8,14,18H,9-10H2,1H3. The number of rotatable bonds is 3. The zero-order valence-electron chi connectivity index (χ0n) is 10.8. The summed E-state index contributed by atoms with van der Waals surface area (Å²) in [5.41, 5.74) is 3.12. The van der Waals surface area contributed by atoms with Gasteiger partial charge in [-0.2, -0.15) is 0 Å². The Bertz CT molecular complexity index is 572. The highest BCUT2D eigenvalue weighted by Crippen LogP contribution is 2.36. The molecule has 0 spiro atoms. The van der Waals surface area contributed by atoms with Gasteiger partial charge in [-0.1, -0.05) is 18.2 Å². The Morgan fingerprint density at radius 2 is 2.11 bits per heavy atom. The molecular weight excluding hydrogens is 257 g/mol. The van der Waals surface area contributed by atoms with Gasteiger partial charge < -0.3 is 5.32 Å². The van der Waals surface area contributed by atoms with Gasteiger partial charge in [0.25, 0.3) is 0 Å². The summed E-state index contributed by atoms with van der Waals surface area (Å²) in [6, 6.07) is 13.8. The highest BCUT2D eigenvalue weighted by atomic mass is 32.2. The quantitative estimate of drug-likeness (QED) is 0.896. The summed E-state index contributed by atoms with van der Waals surface area (Å²) in [6.07, 6.45) is 1.11. The molecule has 0 fully saturated rings. The molecule has 1 unspecified atom stereocenters. The van der Waals surface area contributed by atoms with Crippen LogP contribution < -0.4 is 5.32 Å². The lowest BCUT2D eigenvalue weighted by atomic mass is 10.1. The molecule has 2 aromatic carbocycles. The molecule has 0 amide bonds. The summed E-state index contributed by atoms with van der Waals surface area (Å²) in [6.45, 7) is 2.70. The number of thioether (sulfide) groups is 1. The monoisotopic (exact) mass is 273 g/mol. The van der Waals surface area contributed by atoms with Crippen molar-refractivity contribution < 1.29 is 4.39 Å². The molecule has 0 bridgehead atoms. The van der Waals surface area contributed by atoms with Crippen LogP contribution >= 0.6 is 11.8 Å². The summed E-state index contributed by atoms with van der Waals surface area (Å²) in [5, 5.41) is 3.96. The first-order chi connectivity index (χ1) is 9.22. The van der Waals surface area contributed by atoms with Crippen LogP contribution in [0.25, 0.3) is 0 Å². The SMILES string of the molecule is Cc1cc(NCC2Cc3ccccc3S2)ccc1F. The van der Waals surface area contributed by atoms with Crippen molar-refractivity contribution in [2.75, 3.05) is 11.9 Å². The van der Waals surface area contributed by atoms with Crippen molar-refractivity contribution in [3.63, 3.8) is 0 Å². The molecule has 0 radical (unpaired) electrons. The second kappa shape index (κ2) is 5.25. The number of nitrogens with one attached hydrogen (secondary N) is 1. The second-order valence-electron chi connectivity index (χ2n) is 4.90. The van der Waals surface area contributed by atoms with Crippen LogP contribution in [-0.2, 0) is 6.42 Å². The van der Waals surface area contributed by atoms with Crippen LogP contribution in [0, 0.1) is 12.7 Å². The third-order valence-electron chi connectivity index (χ3n) is 3.41. The molecule has 0 saturated carbocycles. The van der Waals surface area contributed by atoms with Crippen LogP contribution in [-0.4, -0.2) is 11.8 Å². The van der Waals surface area contributed by atoms with Crippen LogP contribution in [0.3, 0.4) is 0 Å². The molecule has 0 saturated heterocycles. The number of aryl methyl sites for hydroxylation is 1. The van der Waals surface area contributed by atoms with E-state index >= 15 is 0 Å². The van der Waals surface area contributed by atoms with Crippen LogP contribution in [0.1, 0.15) is 11.1 Å².